The van der Waals surface area contributed by atoms with Crippen LogP contribution >= 0.6 is 0 Å². The van der Waals surface area contributed by atoms with Crippen molar-refractivity contribution in [3.8, 4) is 11.5 Å². The van der Waals surface area contributed by atoms with Crippen LogP contribution in [0.25, 0.3) is 11.5 Å². The van der Waals surface area contributed by atoms with E-state index in [1.807, 2.05) is 0 Å². The fraction of sp³-hybridized carbons (Fsp3) is 0.125. The minimum absolute atomic E-state index is 0.0415. The predicted octanol–water partition coefficient (Wildman–Crippen LogP) is 2.11. The number of para-hydroxylation sites is 1. The number of hydrogen-bond acceptors (Lipinski definition) is 6. The molecule has 0 unspecified atom stereocenters. The number of amides is 1. The van der Waals surface area contributed by atoms with E-state index in [2.05, 4.69) is 15.2 Å². The number of furan rings is 1. The minimum atomic E-state index is -3.57. The SMILES string of the molecule is O=C(NCCS(=O)(=O)Nc1ccccc1)c1cc(-c2ccco2)on1. The number of nitrogens with zero attached hydrogens (tertiary/aromatic N) is 1. The maximum absolute atomic E-state index is 12.0. The number of carbonyl (C=O) groups excluding carboxylic acids is 1. The predicted molar refractivity (Wildman–Crippen MR) is 90.4 cm³/mol. The summed E-state index contributed by atoms with van der Waals surface area (Å²) in [6, 6.07) is 13.3. The summed E-state index contributed by atoms with van der Waals surface area (Å²) < 4.78 is 36.5. The number of carbonyl (C=O) groups is 1. The second kappa shape index (κ2) is 7.22. The van der Waals surface area contributed by atoms with Crippen molar-refractivity contribution in [1.29, 1.82) is 0 Å². The summed E-state index contributed by atoms with van der Waals surface area (Å²) in [7, 11) is -3.57. The topological polar surface area (TPSA) is 114 Å². The lowest BCUT2D eigenvalue weighted by Gasteiger charge is -2.08. The smallest absolute Gasteiger partial charge is 0.273 e. The van der Waals surface area contributed by atoms with Crippen molar-refractivity contribution in [2.45, 2.75) is 0 Å². The van der Waals surface area contributed by atoms with Crippen LogP contribution in [0.15, 0.2) is 63.7 Å². The number of hydrogen-bond donors (Lipinski definition) is 2. The molecule has 1 amide bonds. The zero-order chi connectivity index (χ0) is 17.7. The van der Waals surface area contributed by atoms with Gasteiger partial charge in [-0.05, 0) is 24.3 Å². The molecule has 2 N–H and O–H groups in total. The average molecular weight is 361 g/mol. The van der Waals surface area contributed by atoms with E-state index in [1.54, 1.807) is 42.5 Å². The fourth-order valence-corrected chi connectivity index (χ4v) is 3.01. The highest BCUT2D eigenvalue weighted by Gasteiger charge is 2.16. The maximum atomic E-state index is 12.0. The molecular formula is C16H15N3O5S. The van der Waals surface area contributed by atoms with E-state index in [0.717, 1.165) is 0 Å². The molecule has 130 valence electrons. The molecule has 9 heteroatoms. The highest BCUT2D eigenvalue weighted by atomic mass is 32.2. The fourth-order valence-electron chi connectivity index (χ4n) is 2.04. The van der Waals surface area contributed by atoms with Crippen LogP contribution in [-0.2, 0) is 10.0 Å². The number of anilines is 1. The summed E-state index contributed by atoms with van der Waals surface area (Å²) >= 11 is 0. The highest BCUT2D eigenvalue weighted by Crippen LogP contribution is 2.20. The largest absolute Gasteiger partial charge is 0.461 e. The molecule has 1 aromatic carbocycles. The lowest BCUT2D eigenvalue weighted by Crippen LogP contribution is -2.31. The van der Waals surface area contributed by atoms with Gasteiger partial charge in [0.05, 0.1) is 12.0 Å². The molecular weight excluding hydrogens is 346 g/mol. The molecule has 0 aliphatic carbocycles. The second-order valence-corrected chi connectivity index (χ2v) is 6.94. The number of benzene rings is 1. The Labute approximate surface area is 143 Å². The van der Waals surface area contributed by atoms with Gasteiger partial charge in [-0.2, -0.15) is 0 Å². The van der Waals surface area contributed by atoms with Crippen LogP contribution in [0.2, 0.25) is 0 Å². The van der Waals surface area contributed by atoms with Gasteiger partial charge in [0, 0.05) is 18.3 Å². The Kier molecular flexibility index (Phi) is 4.85. The number of aromatic nitrogens is 1. The quantitative estimate of drug-likeness (QED) is 0.666. The van der Waals surface area contributed by atoms with E-state index in [9.17, 15) is 13.2 Å². The van der Waals surface area contributed by atoms with Gasteiger partial charge >= 0.3 is 0 Å². The Hall–Kier alpha value is -3.07. The van der Waals surface area contributed by atoms with Gasteiger partial charge in [0.15, 0.2) is 11.5 Å². The summed E-state index contributed by atoms with van der Waals surface area (Å²) in [5.74, 6) is -0.0394. The molecule has 2 heterocycles. The first-order valence-electron chi connectivity index (χ1n) is 7.38. The van der Waals surface area contributed by atoms with Gasteiger partial charge in [-0.3, -0.25) is 9.52 Å². The van der Waals surface area contributed by atoms with Crippen LogP contribution in [0.5, 0.6) is 0 Å². The number of sulfonamides is 1. The summed E-state index contributed by atoms with van der Waals surface area (Å²) in [5, 5.41) is 6.13. The van der Waals surface area contributed by atoms with Gasteiger partial charge in [0.2, 0.25) is 15.8 Å². The summed E-state index contributed by atoms with van der Waals surface area (Å²) in [6.45, 7) is -0.0655. The Bertz CT molecular complexity index is 933. The molecule has 0 aliphatic heterocycles. The number of rotatable bonds is 7. The molecule has 0 radical (unpaired) electrons. The first kappa shape index (κ1) is 16.8. The van der Waals surface area contributed by atoms with Crippen LogP contribution in [-0.4, -0.2) is 31.8 Å². The van der Waals surface area contributed by atoms with E-state index in [1.165, 1.54) is 12.3 Å². The Morgan fingerprint density at radius 1 is 1.08 bits per heavy atom. The molecule has 0 fully saturated rings. The van der Waals surface area contributed by atoms with Gasteiger partial charge in [-0.25, -0.2) is 8.42 Å². The summed E-state index contributed by atoms with van der Waals surface area (Å²) in [4.78, 5) is 12.0. The Morgan fingerprint density at radius 2 is 1.88 bits per heavy atom. The lowest BCUT2D eigenvalue weighted by molar-refractivity contribution is 0.0947. The Balaban J connectivity index is 1.52. The normalized spacial score (nSPS) is 11.2. The van der Waals surface area contributed by atoms with Gasteiger partial charge in [-0.1, -0.05) is 23.4 Å². The van der Waals surface area contributed by atoms with Crippen molar-refractivity contribution < 1.29 is 22.2 Å². The molecule has 0 bridgehead atoms. The number of nitrogens with one attached hydrogen (secondary N) is 2. The second-order valence-electron chi connectivity index (χ2n) is 5.10. The van der Waals surface area contributed by atoms with Gasteiger partial charge < -0.3 is 14.3 Å². The molecule has 25 heavy (non-hydrogen) atoms. The van der Waals surface area contributed by atoms with Crippen molar-refractivity contribution in [2.75, 3.05) is 17.0 Å². The van der Waals surface area contributed by atoms with Crippen LogP contribution in [0.4, 0.5) is 5.69 Å². The van der Waals surface area contributed by atoms with E-state index in [0.29, 0.717) is 17.2 Å². The summed E-state index contributed by atoms with van der Waals surface area (Å²) in [5.41, 5.74) is 0.508. The van der Waals surface area contributed by atoms with Crippen LogP contribution in [0.3, 0.4) is 0 Å². The first-order chi connectivity index (χ1) is 12.0. The lowest BCUT2D eigenvalue weighted by atomic mass is 10.3. The molecule has 0 saturated carbocycles. The van der Waals surface area contributed by atoms with E-state index in [4.69, 9.17) is 8.94 Å². The third kappa shape index (κ3) is 4.48. The van der Waals surface area contributed by atoms with Crippen molar-refractivity contribution in [2.24, 2.45) is 0 Å². The van der Waals surface area contributed by atoms with Crippen molar-refractivity contribution in [1.82, 2.24) is 10.5 Å². The van der Waals surface area contributed by atoms with Gasteiger partial charge in [0.1, 0.15) is 0 Å². The highest BCUT2D eigenvalue weighted by molar-refractivity contribution is 7.92. The van der Waals surface area contributed by atoms with Crippen molar-refractivity contribution in [3.63, 3.8) is 0 Å². The maximum Gasteiger partial charge on any atom is 0.273 e. The monoisotopic (exact) mass is 361 g/mol. The van der Waals surface area contributed by atoms with Crippen molar-refractivity contribution >= 4 is 21.6 Å². The molecule has 8 nitrogen and oxygen atoms in total. The minimum Gasteiger partial charge on any atom is -0.461 e. The summed E-state index contributed by atoms with van der Waals surface area (Å²) in [6.07, 6.45) is 1.47. The molecule has 3 rings (SSSR count). The Morgan fingerprint density at radius 3 is 2.60 bits per heavy atom. The van der Waals surface area contributed by atoms with Crippen LogP contribution in [0, 0.1) is 0 Å². The molecule has 0 saturated heterocycles. The first-order valence-corrected chi connectivity index (χ1v) is 9.03. The standard InChI is InChI=1S/C16H15N3O5S/c20-16(13-11-15(24-18-13)14-7-4-9-23-14)17-8-10-25(21,22)19-12-5-2-1-3-6-12/h1-7,9,11,19H,8,10H2,(H,17,20). The average Bonchev–Trinajstić information content (AvgIpc) is 3.26. The molecule has 2 aromatic heterocycles. The molecule has 3 aromatic rings. The third-order valence-electron chi connectivity index (χ3n) is 3.21. The zero-order valence-electron chi connectivity index (χ0n) is 13.0. The molecule has 0 spiro atoms. The zero-order valence-corrected chi connectivity index (χ0v) is 13.8. The van der Waals surface area contributed by atoms with E-state index in [-0.39, 0.29) is 18.0 Å². The molecule has 0 atom stereocenters. The van der Waals surface area contributed by atoms with Gasteiger partial charge in [0.25, 0.3) is 5.91 Å². The van der Waals surface area contributed by atoms with E-state index < -0.39 is 15.9 Å². The van der Waals surface area contributed by atoms with Crippen molar-refractivity contribution in [3.05, 3.63) is 60.5 Å². The van der Waals surface area contributed by atoms with Crippen LogP contribution in [0.1, 0.15) is 10.5 Å². The van der Waals surface area contributed by atoms with Gasteiger partial charge in [-0.15, -0.1) is 0 Å². The van der Waals surface area contributed by atoms with Crippen LogP contribution < -0.4 is 10.0 Å². The third-order valence-corrected chi connectivity index (χ3v) is 4.50. The molecule has 0 aliphatic rings. The van der Waals surface area contributed by atoms with E-state index >= 15 is 0 Å².